The summed E-state index contributed by atoms with van der Waals surface area (Å²) in [5.41, 5.74) is 0.0210. The summed E-state index contributed by atoms with van der Waals surface area (Å²) >= 11 is 0. The van der Waals surface area contributed by atoms with Crippen LogP contribution in [0.5, 0.6) is 0 Å². The van der Waals surface area contributed by atoms with E-state index in [1.165, 1.54) is 11.4 Å². The first-order chi connectivity index (χ1) is 11.4. The van der Waals surface area contributed by atoms with Crippen molar-refractivity contribution in [1.82, 2.24) is 9.29 Å². The number of carbonyl (C=O) groups excluding carboxylic acids is 1. The van der Waals surface area contributed by atoms with Crippen LogP contribution in [-0.2, 0) is 26.0 Å². The van der Waals surface area contributed by atoms with Gasteiger partial charge in [-0.25, -0.2) is 18.2 Å². The van der Waals surface area contributed by atoms with Gasteiger partial charge >= 0.3 is 5.97 Å². The van der Waals surface area contributed by atoms with Crippen molar-refractivity contribution >= 4 is 16.0 Å². The highest BCUT2D eigenvalue weighted by Crippen LogP contribution is 2.13. The van der Waals surface area contributed by atoms with Gasteiger partial charge in [0.2, 0.25) is 15.9 Å². The number of rotatable bonds is 12. The van der Waals surface area contributed by atoms with Gasteiger partial charge in [-0.1, -0.05) is 13.3 Å². The molecular weight excluding hydrogens is 336 g/mol. The summed E-state index contributed by atoms with van der Waals surface area (Å²) in [5, 5.41) is 0. The lowest BCUT2D eigenvalue weighted by atomic mass is 10.4. The molecule has 0 aliphatic rings. The second-order valence-electron chi connectivity index (χ2n) is 5.17. The van der Waals surface area contributed by atoms with Crippen molar-refractivity contribution in [3.8, 4) is 0 Å². The summed E-state index contributed by atoms with van der Waals surface area (Å²) in [5.74, 6) is -0.392. The summed E-state index contributed by atoms with van der Waals surface area (Å²) in [6.07, 6.45) is 3.11. The second-order valence-corrected chi connectivity index (χ2v) is 7.26. The third kappa shape index (κ3) is 6.58. The summed E-state index contributed by atoms with van der Waals surface area (Å²) in [6.45, 7) is 5.18. The number of unbranched alkanes of at least 4 members (excludes halogenated alkanes) is 1. The molecule has 0 spiro atoms. The van der Waals surface area contributed by atoms with Gasteiger partial charge < -0.3 is 13.9 Å². The zero-order valence-corrected chi connectivity index (χ0v) is 15.3. The van der Waals surface area contributed by atoms with Crippen LogP contribution in [0.2, 0.25) is 0 Å². The van der Waals surface area contributed by atoms with E-state index < -0.39 is 16.0 Å². The number of ether oxygens (including phenoxy) is 2. The highest BCUT2D eigenvalue weighted by molar-refractivity contribution is 7.89. The fourth-order valence-corrected chi connectivity index (χ4v) is 3.62. The Labute approximate surface area is 143 Å². The van der Waals surface area contributed by atoms with Crippen molar-refractivity contribution in [2.24, 2.45) is 0 Å². The first-order valence-electron chi connectivity index (χ1n) is 8.02. The Kier molecular flexibility index (Phi) is 8.94. The van der Waals surface area contributed by atoms with Crippen molar-refractivity contribution < 1.29 is 27.1 Å². The molecule has 0 aliphatic carbocycles. The Bertz CT molecular complexity index is 599. The molecule has 138 valence electrons. The van der Waals surface area contributed by atoms with E-state index in [2.05, 4.69) is 9.72 Å². The molecule has 0 saturated carbocycles. The number of hydrogen-bond donors (Lipinski definition) is 0. The standard InChI is InChI=1S/C15H26N2O6S/c1-4-6-10-24(19,20)17(8-7-9-22-5-2)11-14-16-13(12-23-14)15(18)21-3/h12H,4-11H2,1-3H3. The molecule has 0 radical (unpaired) electrons. The lowest BCUT2D eigenvalue weighted by molar-refractivity contribution is 0.0594. The normalized spacial score (nSPS) is 11.8. The number of esters is 1. The van der Waals surface area contributed by atoms with E-state index in [0.29, 0.717) is 32.6 Å². The molecule has 0 aliphatic heterocycles. The smallest absolute Gasteiger partial charge is 0.360 e. The first-order valence-corrected chi connectivity index (χ1v) is 9.63. The third-order valence-electron chi connectivity index (χ3n) is 3.31. The number of methoxy groups -OCH3 is 1. The molecule has 8 nitrogen and oxygen atoms in total. The molecule has 0 fully saturated rings. The maximum Gasteiger partial charge on any atom is 0.360 e. The van der Waals surface area contributed by atoms with Crippen molar-refractivity contribution in [3.05, 3.63) is 17.8 Å². The van der Waals surface area contributed by atoms with Gasteiger partial charge in [-0.2, -0.15) is 4.31 Å². The van der Waals surface area contributed by atoms with E-state index >= 15 is 0 Å². The largest absolute Gasteiger partial charge is 0.464 e. The van der Waals surface area contributed by atoms with Crippen LogP contribution >= 0.6 is 0 Å². The Balaban J connectivity index is 2.80. The van der Waals surface area contributed by atoms with Gasteiger partial charge in [0.1, 0.15) is 6.26 Å². The summed E-state index contributed by atoms with van der Waals surface area (Å²) in [6, 6.07) is 0. The van der Waals surface area contributed by atoms with E-state index in [9.17, 15) is 13.2 Å². The third-order valence-corrected chi connectivity index (χ3v) is 5.21. The molecule has 0 unspecified atom stereocenters. The van der Waals surface area contributed by atoms with Gasteiger partial charge in [-0.05, 0) is 19.8 Å². The van der Waals surface area contributed by atoms with E-state index in [0.717, 1.165) is 12.7 Å². The van der Waals surface area contributed by atoms with E-state index in [4.69, 9.17) is 9.15 Å². The second kappa shape index (κ2) is 10.4. The van der Waals surface area contributed by atoms with Crippen LogP contribution in [0.4, 0.5) is 0 Å². The van der Waals surface area contributed by atoms with Crippen LogP contribution < -0.4 is 0 Å². The van der Waals surface area contributed by atoms with Crippen molar-refractivity contribution in [2.45, 2.75) is 39.7 Å². The van der Waals surface area contributed by atoms with Gasteiger partial charge in [0, 0.05) is 19.8 Å². The van der Waals surface area contributed by atoms with Gasteiger partial charge in [0.25, 0.3) is 0 Å². The predicted molar refractivity (Wildman–Crippen MR) is 88.1 cm³/mol. The molecule has 9 heteroatoms. The molecule has 1 aromatic rings. The molecule has 0 aromatic carbocycles. The Hall–Kier alpha value is -1.45. The van der Waals surface area contributed by atoms with Crippen molar-refractivity contribution in [2.75, 3.05) is 32.6 Å². The van der Waals surface area contributed by atoms with E-state index in [1.807, 2.05) is 13.8 Å². The van der Waals surface area contributed by atoms with Crippen LogP contribution in [0.15, 0.2) is 10.7 Å². The molecule has 0 saturated heterocycles. The monoisotopic (exact) mass is 362 g/mol. The average Bonchev–Trinajstić information content (AvgIpc) is 3.03. The topological polar surface area (TPSA) is 98.9 Å². The number of nitrogens with zero attached hydrogens (tertiary/aromatic N) is 2. The number of sulfonamides is 1. The fraction of sp³-hybridized carbons (Fsp3) is 0.733. The minimum absolute atomic E-state index is 0.0187. The molecule has 1 rings (SSSR count). The highest BCUT2D eigenvalue weighted by atomic mass is 32.2. The SMILES string of the molecule is CCCCS(=O)(=O)N(CCCOCC)Cc1nc(C(=O)OC)co1. The summed E-state index contributed by atoms with van der Waals surface area (Å²) in [4.78, 5) is 15.4. The van der Waals surface area contributed by atoms with Gasteiger partial charge in [-0.3, -0.25) is 0 Å². The Morgan fingerprint density at radius 1 is 1.33 bits per heavy atom. The molecular formula is C15H26N2O6S. The minimum atomic E-state index is -3.42. The molecule has 0 bridgehead atoms. The van der Waals surface area contributed by atoms with Gasteiger partial charge in [0.05, 0.1) is 19.4 Å². The number of oxazole rings is 1. The van der Waals surface area contributed by atoms with Crippen LogP contribution in [-0.4, -0.2) is 56.3 Å². The molecule has 0 amide bonds. The van der Waals surface area contributed by atoms with Crippen LogP contribution in [0.1, 0.15) is 49.5 Å². The molecule has 0 atom stereocenters. The van der Waals surface area contributed by atoms with E-state index in [-0.39, 0.29) is 23.9 Å². The number of hydrogen-bond acceptors (Lipinski definition) is 7. The Morgan fingerprint density at radius 3 is 2.71 bits per heavy atom. The van der Waals surface area contributed by atoms with Crippen LogP contribution in [0, 0.1) is 0 Å². The van der Waals surface area contributed by atoms with Crippen molar-refractivity contribution in [1.29, 1.82) is 0 Å². The lowest BCUT2D eigenvalue weighted by Crippen LogP contribution is -2.34. The molecule has 1 aromatic heterocycles. The first kappa shape index (κ1) is 20.6. The van der Waals surface area contributed by atoms with Gasteiger partial charge in [-0.15, -0.1) is 0 Å². The summed E-state index contributed by atoms with van der Waals surface area (Å²) in [7, 11) is -2.18. The quantitative estimate of drug-likeness (QED) is 0.413. The van der Waals surface area contributed by atoms with E-state index in [1.54, 1.807) is 0 Å². The fourth-order valence-electron chi connectivity index (χ4n) is 1.99. The Morgan fingerprint density at radius 2 is 2.08 bits per heavy atom. The molecule has 24 heavy (non-hydrogen) atoms. The maximum atomic E-state index is 12.5. The molecule has 1 heterocycles. The maximum absolute atomic E-state index is 12.5. The van der Waals surface area contributed by atoms with Crippen LogP contribution in [0.3, 0.4) is 0 Å². The van der Waals surface area contributed by atoms with Gasteiger partial charge in [0.15, 0.2) is 5.69 Å². The van der Waals surface area contributed by atoms with Crippen LogP contribution in [0.25, 0.3) is 0 Å². The zero-order valence-electron chi connectivity index (χ0n) is 14.5. The number of carbonyl (C=O) groups is 1. The number of aromatic nitrogens is 1. The van der Waals surface area contributed by atoms with Crippen molar-refractivity contribution in [3.63, 3.8) is 0 Å². The average molecular weight is 362 g/mol. The summed E-state index contributed by atoms with van der Waals surface area (Å²) < 4.78 is 41.3. The lowest BCUT2D eigenvalue weighted by Gasteiger charge is -2.20. The zero-order chi connectivity index (χ0) is 18.0. The highest BCUT2D eigenvalue weighted by Gasteiger charge is 2.24. The predicted octanol–water partition coefficient (Wildman–Crippen LogP) is 1.82. The molecule has 0 N–H and O–H groups in total. The minimum Gasteiger partial charge on any atom is -0.464 e.